The second kappa shape index (κ2) is 8.05. The van der Waals surface area contributed by atoms with Crippen molar-refractivity contribution in [2.75, 3.05) is 7.05 Å². The van der Waals surface area contributed by atoms with Crippen LogP contribution in [0.25, 0.3) is 0 Å². The molecule has 0 saturated heterocycles. The maximum Gasteiger partial charge on any atom is 0.121 e. The van der Waals surface area contributed by atoms with Crippen molar-refractivity contribution in [2.45, 2.75) is 26.7 Å². The molecule has 1 N–H and O–H groups in total. The summed E-state index contributed by atoms with van der Waals surface area (Å²) < 4.78 is 0.991. The normalized spacial score (nSPS) is 13.8. The van der Waals surface area contributed by atoms with Gasteiger partial charge in [0, 0.05) is 17.7 Å². The van der Waals surface area contributed by atoms with Crippen LogP contribution in [0.5, 0.6) is 0 Å². The molecule has 13 heavy (non-hydrogen) atoms. The Morgan fingerprint density at radius 1 is 1.54 bits per heavy atom. The quantitative estimate of drug-likeness (QED) is 0.739. The molecule has 0 aliphatic carbocycles. The van der Waals surface area contributed by atoms with Crippen LogP contribution in [0.15, 0.2) is 27.4 Å². The van der Waals surface area contributed by atoms with E-state index in [1.165, 1.54) is 0 Å². The fourth-order valence-corrected chi connectivity index (χ4v) is 0.808. The zero-order chi connectivity index (χ0) is 10.1. The first-order valence-electron chi connectivity index (χ1n) is 4.48. The number of hydrogen-bond donors (Lipinski definition) is 1. The minimum atomic E-state index is 0.917. The van der Waals surface area contributed by atoms with Gasteiger partial charge < -0.3 is 5.32 Å². The van der Waals surface area contributed by atoms with Gasteiger partial charge >= 0.3 is 0 Å². The molecule has 3 heteroatoms. The number of hydrogen-bond acceptors (Lipinski definition) is 2. The van der Waals surface area contributed by atoms with Crippen LogP contribution in [-0.4, -0.2) is 13.3 Å². The van der Waals surface area contributed by atoms with Gasteiger partial charge in [-0.2, -0.15) is 0 Å². The molecule has 0 unspecified atom stereocenters. The molecule has 74 valence electrons. The summed E-state index contributed by atoms with van der Waals surface area (Å²) in [7, 11) is 1.88. The molecule has 2 nitrogen and oxygen atoms in total. The third-order valence-electron chi connectivity index (χ3n) is 1.49. The van der Waals surface area contributed by atoms with Gasteiger partial charge in [-0.05, 0) is 35.4 Å². The SMILES string of the molecule is C\C=C(Br)/C=N/C(=C/CCC)NC. The van der Waals surface area contributed by atoms with Crippen LogP contribution in [0.4, 0.5) is 0 Å². The summed E-state index contributed by atoms with van der Waals surface area (Å²) in [6.07, 6.45) is 8.04. The van der Waals surface area contributed by atoms with Gasteiger partial charge in [0.1, 0.15) is 5.82 Å². The molecule has 0 aliphatic heterocycles. The molecule has 0 radical (unpaired) electrons. The number of unbranched alkanes of at least 4 members (excludes halogenated alkanes) is 1. The van der Waals surface area contributed by atoms with Crippen LogP contribution in [0.2, 0.25) is 0 Å². The van der Waals surface area contributed by atoms with Gasteiger partial charge in [0.15, 0.2) is 0 Å². The molecule has 0 aromatic rings. The summed E-state index contributed by atoms with van der Waals surface area (Å²) in [5.74, 6) is 0.917. The lowest BCUT2D eigenvalue weighted by Gasteiger charge is -1.98. The first kappa shape index (κ1) is 12.4. The zero-order valence-corrected chi connectivity index (χ0v) is 10.1. The topological polar surface area (TPSA) is 24.4 Å². The zero-order valence-electron chi connectivity index (χ0n) is 8.47. The van der Waals surface area contributed by atoms with Crippen LogP contribution in [-0.2, 0) is 0 Å². The molecule has 0 aromatic heterocycles. The molecule has 0 heterocycles. The van der Waals surface area contributed by atoms with Crippen molar-refractivity contribution in [3.8, 4) is 0 Å². The summed E-state index contributed by atoms with van der Waals surface area (Å²) in [6, 6.07) is 0. The average molecular weight is 245 g/mol. The highest BCUT2D eigenvalue weighted by molar-refractivity contribution is 9.12. The number of nitrogens with one attached hydrogen (secondary N) is 1. The highest BCUT2D eigenvalue weighted by Crippen LogP contribution is 2.02. The number of allylic oxidation sites excluding steroid dienone is 3. The summed E-state index contributed by atoms with van der Waals surface area (Å²) in [5.41, 5.74) is 0. The van der Waals surface area contributed by atoms with E-state index in [9.17, 15) is 0 Å². The highest BCUT2D eigenvalue weighted by Gasteiger charge is 1.87. The van der Waals surface area contributed by atoms with Crippen LogP contribution < -0.4 is 5.32 Å². The smallest absolute Gasteiger partial charge is 0.121 e. The molecule has 0 spiro atoms. The number of rotatable bonds is 5. The van der Waals surface area contributed by atoms with Crippen molar-refractivity contribution in [1.82, 2.24) is 5.32 Å². The molecule has 0 saturated carbocycles. The largest absolute Gasteiger partial charge is 0.373 e. The molecule has 0 atom stereocenters. The lowest BCUT2D eigenvalue weighted by atomic mass is 10.3. The van der Waals surface area contributed by atoms with Gasteiger partial charge in [-0.25, -0.2) is 4.99 Å². The molecule has 0 fully saturated rings. The molecular formula is C10H17BrN2. The molecule has 0 aromatic carbocycles. The fourth-order valence-electron chi connectivity index (χ4n) is 0.706. The molecular weight excluding hydrogens is 228 g/mol. The van der Waals surface area contributed by atoms with Crippen molar-refractivity contribution in [3.63, 3.8) is 0 Å². The summed E-state index contributed by atoms with van der Waals surface area (Å²) in [4.78, 5) is 4.26. The molecule has 0 bridgehead atoms. The average Bonchev–Trinajstić information content (AvgIpc) is 2.17. The first-order chi connectivity index (χ1) is 6.24. The van der Waals surface area contributed by atoms with E-state index in [4.69, 9.17) is 0 Å². The van der Waals surface area contributed by atoms with E-state index in [0.717, 1.165) is 23.1 Å². The van der Waals surface area contributed by atoms with E-state index < -0.39 is 0 Å². The van der Waals surface area contributed by atoms with E-state index in [1.54, 1.807) is 6.21 Å². The monoisotopic (exact) mass is 244 g/mol. The first-order valence-corrected chi connectivity index (χ1v) is 5.27. The van der Waals surface area contributed by atoms with Crippen molar-refractivity contribution in [2.24, 2.45) is 4.99 Å². The Hall–Kier alpha value is -0.570. The van der Waals surface area contributed by atoms with Crippen molar-refractivity contribution in [3.05, 3.63) is 22.5 Å². The van der Waals surface area contributed by atoms with Crippen LogP contribution in [0, 0.1) is 0 Å². The second-order valence-electron chi connectivity index (χ2n) is 2.56. The van der Waals surface area contributed by atoms with Gasteiger partial charge in [-0.15, -0.1) is 0 Å². The van der Waals surface area contributed by atoms with Gasteiger partial charge in [0.05, 0.1) is 0 Å². The highest BCUT2D eigenvalue weighted by atomic mass is 79.9. The Kier molecular flexibility index (Phi) is 7.69. The fraction of sp³-hybridized carbons (Fsp3) is 0.500. The van der Waals surface area contributed by atoms with Crippen molar-refractivity contribution in [1.29, 1.82) is 0 Å². The van der Waals surface area contributed by atoms with Crippen molar-refractivity contribution < 1.29 is 0 Å². The Bertz CT molecular complexity index is 217. The van der Waals surface area contributed by atoms with E-state index in [0.29, 0.717) is 0 Å². The maximum atomic E-state index is 4.26. The lowest BCUT2D eigenvalue weighted by Crippen LogP contribution is -2.03. The Labute approximate surface area is 89.0 Å². The number of nitrogens with zero attached hydrogens (tertiary/aromatic N) is 1. The van der Waals surface area contributed by atoms with Crippen LogP contribution in [0.3, 0.4) is 0 Å². The number of halogens is 1. The van der Waals surface area contributed by atoms with E-state index in [2.05, 4.69) is 39.2 Å². The molecule has 0 rings (SSSR count). The number of aliphatic imine (C=N–C) groups is 1. The molecule has 0 amide bonds. The summed E-state index contributed by atoms with van der Waals surface area (Å²) in [5, 5.41) is 3.03. The summed E-state index contributed by atoms with van der Waals surface area (Å²) >= 11 is 3.36. The van der Waals surface area contributed by atoms with E-state index >= 15 is 0 Å². The van der Waals surface area contributed by atoms with Gasteiger partial charge in [-0.1, -0.05) is 19.4 Å². The summed E-state index contributed by atoms with van der Waals surface area (Å²) in [6.45, 7) is 4.11. The van der Waals surface area contributed by atoms with Crippen LogP contribution >= 0.6 is 15.9 Å². The molecule has 0 aliphatic rings. The van der Waals surface area contributed by atoms with E-state index in [1.807, 2.05) is 20.0 Å². The predicted octanol–water partition coefficient (Wildman–Crippen LogP) is 3.22. The predicted molar refractivity (Wildman–Crippen MR) is 63.2 cm³/mol. The maximum absolute atomic E-state index is 4.26. The standard InChI is InChI=1S/C10H17BrN2/c1-4-6-7-10(12-3)13-8-9(11)5-2/h5,7-8,12H,4,6H2,1-3H3/b9-5+,10-7+,13-8+. The van der Waals surface area contributed by atoms with Gasteiger partial charge in [0.25, 0.3) is 0 Å². The Balaban J connectivity index is 4.19. The van der Waals surface area contributed by atoms with E-state index in [-0.39, 0.29) is 0 Å². The van der Waals surface area contributed by atoms with Crippen LogP contribution in [0.1, 0.15) is 26.7 Å². The lowest BCUT2D eigenvalue weighted by molar-refractivity contribution is 0.898. The second-order valence-corrected chi connectivity index (χ2v) is 3.48. The third kappa shape index (κ3) is 6.58. The Morgan fingerprint density at radius 3 is 2.69 bits per heavy atom. The van der Waals surface area contributed by atoms with Gasteiger partial charge in [-0.3, -0.25) is 0 Å². The third-order valence-corrected chi connectivity index (χ3v) is 2.15. The van der Waals surface area contributed by atoms with Crippen molar-refractivity contribution >= 4 is 22.1 Å². The Morgan fingerprint density at radius 2 is 2.23 bits per heavy atom. The minimum Gasteiger partial charge on any atom is -0.373 e. The minimum absolute atomic E-state index is 0.917. The van der Waals surface area contributed by atoms with Gasteiger partial charge in [0.2, 0.25) is 0 Å².